The van der Waals surface area contributed by atoms with Gasteiger partial charge in [-0.2, -0.15) is 0 Å². The molecule has 0 amide bonds. The fourth-order valence-corrected chi connectivity index (χ4v) is 3.50. The standard InChI is InChI=1S/C19H22BrN3O/c1-14-8-16(20)11-23-17(10-22-18(14)23)9-21-12-19(2,13-24)15-6-4-3-5-7-15/h3-8,10-11,21,24H,9,12-13H2,1-2H3. The zero-order chi connectivity index (χ0) is 17.2. The molecule has 2 heterocycles. The van der Waals surface area contributed by atoms with Crippen molar-refractivity contribution < 1.29 is 5.11 Å². The van der Waals surface area contributed by atoms with Crippen molar-refractivity contribution in [1.82, 2.24) is 14.7 Å². The van der Waals surface area contributed by atoms with E-state index >= 15 is 0 Å². The van der Waals surface area contributed by atoms with Gasteiger partial charge >= 0.3 is 0 Å². The van der Waals surface area contributed by atoms with E-state index in [9.17, 15) is 5.11 Å². The maximum atomic E-state index is 9.88. The van der Waals surface area contributed by atoms with Gasteiger partial charge in [0, 0.05) is 29.2 Å². The van der Waals surface area contributed by atoms with E-state index in [1.54, 1.807) is 0 Å². The van der Waals surface area contributed by atoms with Gasteiger partial charge in [-0.1, -0.05) is 37.3 Å². The lowest BCUT2D eigenvalue weighted by molar-refractivity contribution is 0.201. The average Bonchev–Trinajstić information content (AvgIpc) is 2.99. The summed E-state index contributed by atoms with van der Waals surface area (Å²) in [5.74, 6) is 0. The Morgan fingerprint density at radius 3 is 2.75 bits per heavy atom. The number of hydrogen-bond donors (Lipinski definition) is 2. The van der Waals surface area contributed by atoms with Gasteiger partial charge in [-0.05, 0) is 40.0 Å². The second kappa shape index (κ2) is 7.05. The molecule has 5 heteroatoms. The molecular weight excluding hydrogens is 366 g/mol. The zero-order valence-electron chi connectivity index (χ0n) is 14.0. The molecular formula is C19H22BrN3O. The van der Waals surface area contributed by atoms with Gasteiger partial charge in [0.05, 0.1) is 18.5 Å². The topological polar surface area (TPSA) is 49.6 Å². The summed E-state index contributed by atoms with van der Waals surface area (Å²) in [6, 6.07) is 12.2. The van der Waals surface area contributed by atoms with Gasteiger partial charge in [0.25, 0.3) is 0 Å². The Balaban J connectivity index is 1.74. The molecule has 24 heavy (non-hydrogen) atoms. The monoisotopic (exact) mass is 387 g/mol. The number of aliphatic hydroxyl groups is 1. The summed E-state index contributed by atoms with van der Waals surface area (Å²) in [5.41, 5.74) is 4.04. The molecule has 4 nitrogen and oxygen atoms in total. The number of benzene rings is 1. The fourth-order valence-electron chi connectivity index (χ4n) is 2.95. The van der Waals surface area contributed by atoms with Crippen LogP contribution >= 0.6 is 15.9 Å². The summed E-state index contributed by atoms with van der Waals surface area (Å²) in [6.45, 7) is 5.61. The van der Waals surface area contributed by atoms with Gasteiger partial charge in [-0.3, -0.25) is 0 Å². The highest BCUT2D eigenvalue weighted by atomic mass is 79.9. The number of nitrogens with one attached hydrogen (secondary N) is 1. The SMILES string of the molecule is Cc1cc(Br)cn2c(CNCC(C)(CO)c3ccccc3)cnc12. The number of pyridine rings is 1. The summed E-state index contributed by atoms with van der Waals surface area (Å²) in [6.07, 6.45) is 3.94. The molecule has 0 spiro atoms. The molecule has 3 rings (SSSR count). The highest BCUT2D eigenvalue weighted by molar-refractivity contribution is 9.10. The van der Waals surface area contributed by atoms with E-state index in [0.717, 1.165) is 26.9 Å². The van der Waals surface area contributed by atoms with Crippen LogP contribution in [0.4, 0.5) is 0 Å². The number of aryl methyl sites for hydroxylation is 1. The summed E-state index contributed by atoms with van der Waals surface area (Å²) in [4.78, 5) is 4.51. The van der Waals surface area contributed by atoms with Crippen LogP contribution in [0.1, 0.15) is 23.7 Å². The quantitative estimate of drug-likeness (QED) is 0.680. The first-order valence-corrected chi connectivity index (χ1v) is 8.82. The van der Waals surface area contributed by atoms with Crippen LogP contribution in [0.25, 0.3) is 5.65 Å². The van der Waals surface area contributed by atoms with E-state index < -0.39 is 0 Å². The molecule has 0 aliphatic carbocycles. The molecule has 0 saturated heterocycles. The summed E-state index contributed by atoms with van der Waals surface area (Å²) < 4.78 is 3.14. The minimum Gasteiger partial charge on any atom is -0.395 e. The third-order valence-electron chi connectivity index (χ3n) is 4.47. The van der Waals surface area contributed by atoms with Crippen LogP contribution in [0.3, 0.4) is 0 Å². The van der Waals surface area contributed by atoms with Crippen LogP contribution in [0.15, 0.2) is 53.3 Å². The number of aliphatic hydroxyl groups excluding tert-OH is 1. The zero-order valence-corrected chi connectivity index (χ0v) is 15.5. The Morgan fingerprint density at radius 1 is 1.29 bits per heavy atom. The van der Waals surface area contributed by atoms with E-state index in [-0.39, 0.29) is 12.0 Å². The molecule has 3 aromatic rings. The van der Waals surface area contributed by atoms with Gasteiger partial charge in [-0.25, -0.2) is 4.98 Å². The van der Waals surface area contributed by atoms with E-state index in [2.05, 4.69) is 62.7 Å². The Bertz CT molecular complexity index is 831. The number of nitrogens with zero attached hydrogens (tertiary/aromatic N) is 2. The molecule has 0 radical (unpaired) electrons. The van der Waals surface area contributed by atoms with Gasteiger partial charge in [0.15, 0.2) is 0 Å². The predicted molar refractivity (Wildman–Crippen MR) is 100 cm³/mol. The Hall–Kier alpha value is -1.69. The van der Waals surface area contributed by atoms with E-state index in [1.807, 2.05) is 30.6 Å². The lowest BCUT2D eigenvalue weighted by Crippen LogP contribution is -2.38. The third-order valence-corrected chi connectivity index (χ3v) is 4.91. The Morgan fingerprint density at radius 2 is 2.04 bits per heavy atom. The molecule has 0 aliphatic heterocycles. The number of rotatable bonds is 6. The molecule has 1 unspecified atom stereocenters. The van der Waals surface area contributed by atoms with Crippen molar-refractivity contribution in [3.63, 3.8) is 0 Å². The molecule has 0 fully saturated rings. The van der Waals surface area contributed by atoms with Crippen LogP contribution in [-0.4, -0.2) is 27.6 Å². The highest BCUT2D eigenvalue weighted by Crippen LogP contribution is 2.22. The number of fused-ring (bicyclic) bond motifs is 1. The lowest BCUT2D eigenvalue weighted by atomic mass is 9.83. The predicted octanol–water partition coefficient (Wildman–Crippen LogP) is 3.45. The van der Waals surface area contributed by atoms with Gasteiger partial charge in [0.1, 0.15) is 5.65 Å². The van der Waals surface area contributed by atoms with Crippen molar-refractivity contribution in [3.8, 4) is 0 Å². The first-order valence-electron chi connectivity index (χ1n) is 8.03. The Kier molecular flexibility index (Phi) is 5.04. The molecule has 2 N–H and O–H groups in total. The molecule has 2 aromatic heterocycles. The van der Waals surface area contributed by atoms with Crippen LogP contribution < -0.4 is 5.32 Å². The average molecular weight is 388 g/mol. The first kappa shape index (κ1) is 17.1. The summed E-state index contributed by atoms with van der Waals surface area (Å²) >= 11 is 3.54. The maximum absolute atomic E-state index is 9.88. The van der Waals surface area contributed by atoms with Crippen LogP contribution in [-0.2, 0) is 12.0 Å². The van der Waals surface area contributed by atoms with Crippen molar-refractivity contribution in [2.75, 3.05) is 13.2 Å². The van der Waals surface area contributed by atoms with Gasteiger partial charge in [-0.15, -0.1) is 0 Å². The summed E-state index contributed by atoms with van der Waals surface area (Å²) in [7, 11) is 0. The molecule has 1 aromatic carbocycles. The van der Waals surface area contributed by atoms with Crippen molar-refractivity contribution >= 4 is 21.6 Å². The van der Waals surface area contributed by atoms with Crippen LogP contribution in [0.2, 0.25) is 0 Å². The second-order valence-corrected chi connectivity index (χ2v) is 7.39. The van der Waals surface area contributed by atoms with Crippen molar-refractivity contribution in [2.24, 2.45) is 0 Å². The molecule has 0 saturated carbocycles. The largest absolute Gasteiger partial charge is 0.395 e. The van der Waals surface area contributed by atoms with E-state index in [4.69, 9.17) is 0 Å². The first-order chi connectivity index (χ1) is 11.5. The molecule has 0 bridgehead atoms. The van der Waals surface area contributed by atoms with Gasteiger partial charge < -0.3 is 14.8 Å². The van der Waals surface area contributed by atoms with Crippen molar-refractivity contribution in [1.29, 1.82) is 0 Å². The molecule has 1 atom stereocenters. The number of aromatic nitrogens is 2. The van der Waals surface area contributed by atoms with Crippen molar-refractivity contribution in [2.45, 2.75) is 25.8 Å². The Labute approximate surface area is 150 Å². The number of hydrogen-bond acceptors (Lipinski definition) is 3. The highest BCUT2D eigenvalue weighted by Gasteiger charge is 2.25. The number of imidazole rings is 1. The second-order valence-electron chi connectivity index (χ2n) is 6.47. The molecule has 0 aliphatic rings. The minimum atomic E-state index is -0.307. The lowest BCUT2D eigenvalue weighted by Gasteiger charge is -2.28. The van der Waals surface area contributed by atoms with Crippen LogP contribution in [0, 0.1) is 6.92 Å². The van der Waals surface area contributed by atoms with E-state index in [0.29, 0.717) is 13.1 Å². The third kappa shape index (κ3) is 3.38. The van der Waals surface area contributed by atoms with Crippen LogP contribution in [0.5, 0.6) is 0 Å². The molecule has 126 valence electrons. The maximum Gasteiger partial charge on any atom is 0.139 e. The number of halogens is 1. The summed E-state index contributed by atoms with van der Waals surface area (Å²) in [5, 5.41) is 13.3. The van der Waals surface area contributed by atoms with Gasteiger partial charge in [0.2, 0.25) is 0 Å². The fraction of sp³-hybridized carbons (Fsp3) is 0.316. The minimum absolute atomic E-state index is 0.0990. The van der Waals surface area contributed by atoms with Crippen molar-refractivity contribution in [3.05, 3.63) is 70.1 Å². The van der Waals surface area contributed by atoms with E-state index in [1.165, 1.54) is 0 Å². The smallest absolute Gasteiger partial charge is 0.139 e. The normalized spacial score (nSPS) is 14.0.